The quantitative estimate of drug-likeness (QED) is 0.108. The lowest BCUT2D eigenvalue weighted by atomic mass is 9.95. The molecule has 116 heavy (non-hydrogen) atoms. The molecule has 4 aromatic heterocycles. The largest absolute Gasteiger partial charge is 0.456 e. The molecule has 0 radical (unpaired) electrons. The molecule has 0 saturated carbocycles. The second-order valence-electron chi connectivity index (χ2n) is 30.2. The summed E-state index contributed by atoms with van der Waals surface area (Å²) in [5.74, 6) is 0. The van der Waals surface area contributed by atoms with Gasteiger partial charge < -0.3 is 27.5 Å². The van der Waals surface area contributed by atoms with E-state index in [0.717, 1.165) is 216 Å². The van der Waals surface area contributed by atoms with Gasteiger partial charge in [-0.15, -0.1) is 0 Å². The number of fused-ring (bicyclic) bond motifs is 14. The van der Waals surface area contributed by atoms with Gasteiger partial charge in [0.05, 0.1) is 11.4 Å². The Morgan fingerprint density at radius 1 is 0.147 bits per heavy atom. The van der Waals surface area contributed by atoms with Crippen molar-refractivity contribution >= 4 is 143 Å². The van der Waals surface area contributed by atoms with Crippen molar-refractivity contribution in [1.29, 1.82) is 0 Å². The van der Waals surface area contributed by atoms with E-state index >= 15 is 0 Å². The number of hydrogen-bond donors (Lipinski definition) is 0. The molecule has 23 aromatic rings. The van der Waals surface area contributed by atoms with Gasteiger partial charge in [0, 0.05) is 93.7 Å². The molecule has 0 N–H and O–H groups in total. The molecule has 0 aliphatic rings. The van der Waals surface area contributed by atoms with E-state index < -0.39 is 0 Å². The molecule has 0 aliphatic carbocycles. The van der Waals surface area contributed by atoms with Crippen LogP contribution in [-0.4, -0.2) is 0 Å². The maximum Gasteiger partial charge on any atom is 0.143 e. The van der Waals surface area contributed by atoms with E-state index in [-0.39, 0.29) is 0 Å². The van der Waals surface area contributed by atoms with Gasteiger partial charge in [-0.1, -0.05) is 291 Å². The van der Waals surface area contributed by atoms with E-state index in [1.54, 1.807) is 0 Å². The normalized spacial score (nSPS) is 11.8. The standard InChI is InChI=1S/C110H68N2O4/c1-2-17-77-64-78(41-38-69(77)16-1)73-46-56-85(57-47-73)112(87-60-50-75(51-61-87)81-53-63-107-100(68-81)93-22-7-11-32-104(93)114-107)102-30-9-4-19-90(102)95-25-15-28-98-97-27-13-23-88(108(97)116-110(95)98)82-43-40-76-39-42-79(65-83(76)66-82)72-36-34-70(35-37-72)71-44-54-84(55-45-71)111(86-58-48-74(49-59-86)80-52-62-106-99(67-80)92-21-6-10-31-103(92)113-106)101-29-8-3-18-89(101)94-24-14-26-96-91-20-5-12-33-105(91)115-109(94)96/h1-68H. The fourth-order valence-corrected chi connectivity index (χ4v) is 17.7. The third-order valence-corrected chi connectivity index (χ3v) is 23.5. The Bertz CT molecular complexity index is 7820. The first-order valence-electron chi connectivity index (χ1n) is 39.5. The Labute approximate surface area is 668 Å². The number of benzene rings is 19. The molecule has 0 bridgehead atoms. The molecule has 0 atom stereocenters. The number of para-hydroxylation sites is 8. The van der Waals surface area contributed by atoms with Crippen LogP contribution in [0, 0.1) is 0 Å². The molecule has 0 spiro atoms. The second kappa shape index (κ2) is 27.2. The Morgan fingerprint density at radius 2 is 0.431 bits per heavy atom. The Balaban J connectivity index is 0.559. The topological polar surface area (TPSA) is 59.0 Å². The summed E-state index contributed by atoms with van der Waals surface area (Å²) in [6.45, 7) is 0. The fraction of sp³-hybridized carbons (Fsp3) is 0. The van der Waals surface area contributed by atoms with Crippen molar-refractivity contribution in [1.82, 2.24) is 0 Å². The summed E-state index contributed by atoms with van der Waals surface area (Å²) in [6, 6.07) is 148. The lowest BCUT2D eigenvalue weighted by molar-refractivity contribution is 0.668. The number of hydrogen-bond acceptors (Lipinski definition) is 6. The van der Waals surface area contributed by atoms with E-state index in [0.29, 0.717) is 0 Å². The summed E-state index contributed by atoms with van der Waals surface area (Å²) in [5, 5.41) is 13.5. The first kappa shape index (κ1) is 66.3. The molecular formula is C110H68N2O4. The zero-order valence-electron chi connectivity index (χ0n) is 62.8. The summed E-state index contributed by atoms with van der Waals surface area (Å²) in [7, 11) is 0. The van der Waals surface area contributed by atoms with Crippen LogP contribution in [-0.2, 0) is 0 Å². The molecule has 0 fully saturated rings. The molecule has 19 aromatic carbocycles. The number of anilines is 6. The summed E-state index contributed by atoms with van der Waals surface area (Å²) in [4.78, 5) is 4.75. The molecule has 542 valence electrons. The summed E-state index contributed by atoms with van der Waals surface area (Å²) < 4.78 is 26.5. The van der Waals surface area contributed by atoms with Crippen molar-refractivity contribution < 1.29 is 17.7 Å². The third-order valence-electron chi connectivity index (χ3n) is 23.5. The van der Waals surface area contributed by atoms with Crippen molar-refractivity contribution in [3.63, 3.8) is 0 Å². The summed E-state index contributed by atoms with van der Waals surface area (Å²) in [6.07, 6.45) is 0. The summed E-state index contributed by atoms with van der Waals surface area (Å²) >= 11 is 0. The van der Waals surface area contributed by atoms with Crippen LogP contribution < -0.4 is 9.80 Å². The Morgan fingerprint density at radius 3 is 0.914 bits per heavy atom. The highest BCUT2D eigenvalue weighted by atomic mass is 16.3. The van der Waals surface area contributed by atoms with E-state index in [4.69, 9.17) is 17.7 Å². The minimum absolute atomic E-state index is 0.836. The van der Waals surface area contributed by atoms with Crippen LogP contribution in [0.1, 0.15) is 0 Å². The monoisotopic (exact) mass is 1480 g/mol. The van der Waals surface area contributed by atoms with Gasteiger partial charge in [-0.2, -0.15) is 0 Å². The lowest BCUT2D eigenvalue weighted by Gasteiger charge is -2.28. The van der Waals surface area contributed by atoms with Gasteiger partial charge in [0.1, 0.15) is 44.7 Å². The molecule has 0 unspecified atom stereocenters. The SMILES string of the molecule is c1ccc(N(c2ccc(-c3ccc(-c4ccc5ccc(-c6cccc7c6oc6c(-c8ccccc8N(c8ccc(-c9ccc%10ccccc%10c9)cc8)c8ccc(-c9ccc%10oc%11ccccc%11c%10c9)cc8)cccc67)cc5c4)cc3)cc2)c2ccc(-c3ccc4oc5ccccc5c4c3)cc2)c(-c2cccc3c2oc2ccccc23)c1. The Kier molecular flexibility index (Phi) is 15.5. The minimum Gasteiger partial charge on any atom is -0.456 e. The van der Waals surface area contributed by atoms with Crippen LogP contribution in [0.3, 0.4) is 0 Å². The molecule has 0 amide bonds. The third kappa shape index (κ3) is 11.3. The predicted octanol–water partition coefficient (Wildman–Crippen LogP) is 31.9. The molecule has 0 aliphatic heterocycles. The van der Waals surface area contributed by atoms with Crippen LogP contribution in [0.2, 0.25) is 0 Å². The number of furan rings is 4. The van der Waals surface area contributed by atoms with Crippen molar-refractivity contribution in [2.24, 2.45) is 0 Å². The highest BCUT2D eigenvalue weighted by molar-refractivity contribution is 6.16. The molecule has 6 nitrogen and oxygen atoms in total. The Hall–Kier alpha value is -15.5. The average molecular weight is 1480 g/mol. The van der Waals surface area contributed by atoms with Gasteiger partial charge in [0.2, 0.25) is 0 Å². The molecule has 4 heterocycles. The second-order valence-corrected chi connectivity index (χ2v) is 30.2. The van der Waals surface area contributed by atoms with E-state index in [9.17, 15) is 0 Å². The van der Waals surface area contributed by atoms with E-state index in [1.807, 2.05) is 30.3 Å². The lowest BCUT2D eigenvalue weighted by Crippen LogP contribution is -2.11. The maximum absolute atomic E-state index is 7.34. The van der Waals surface area contributed by atoms with E-state index in [2.05, 4.69) is 392 Å². The van der Waals surface area contributed by atoms with E-state index in [1.165, 1.54) is 16.3 Å². The summed E-state index contributed by atoms with van der Waals surface area (Å²) in [5.41, 5.74) is 30.8. The zero-order chi connectivity index (χ0) is 76.3. The van der Waals surface area contributed by atoms with Gasteiger partial charge in [-0.3, -0.25) is 0 Å². The molecule has 23 rings (SSSR count). The van der Waals surface area contributed by atoms with Crippen LogP contribution in [0.25, 0.3) is 198 Å². The molecule has 0 saturated heterocycles. The smallest absolute Gasteiger partial charge is 0.143 e. The number of rotatable bonds is 14. The minimum atomic E-state index is 0.836. The van der Waals surface area contributed by atoms with Crippen LogP contribution in [0.4, 0.5) is 34.1 Å². The van der Waals surface area contributed by atoms with Gasteiger partial charge >= 0.3 is 0 Å². The van der Waals surface area contributed by atoms with Crippen molar-refractivity contribution in [3.8, 4) is 89.0 Å². The fourth-order valence-electron chi connectivity index (χ4n) is 17.7. The maximum atomic E-state index is 7.34. The van der Waals surface area contributed by atoms with Crippen LogP contribution >= 0.6 is 0 Å². The highest BCUT2D eigenvalue weighted by Crippen LogP contribution is 2.50. The predicted molar refractivity (Wildman–Crippen MR) is 483 cm³/mol. The zero-order valence-corrected chi connectivity index (χ0v) is 62.8. The first-order valence-corrected chi connectivity index (χ1v) is 39.5. The first-order chi connectivity index (χ1) is 57.4. The van der Waals surface area contributed by atoms with Crippen molar-refractivity contribution in [2.75, 3.05) is 9.80 Å². The average Bonchev–Trinajstić information content (AvgIpc) is 1.48. The van der Waals surface area contributed by atoms with Crippen molar-refractivity contribution in [2.45, 2.75) is 0 Å². The molecular weight excluding hydrogens is 1410 g/mol. The number of nitrogens with zero attached hydrogens (tertiary/aromatic N) is 2. The van der Waals surface area contributed by atoms with Crippen LogP contribution in [0.15, 0.2) is 430 Å². The van der Waals surface area contributed by atoms with Crippen molar-refractivity contribution in [3.05, 3.63) is 413 Å². The highest BCUT2D eigenvalue weighted by Gasteiger charge is 2.25. The van der Waals surface area contributed by atoms with Gasteiger partial charge in [-0.25, -0.2) is 0 Å². The van der Waals surface area contributed by atoms with Crippen LogP contribution in [0.5, 0.6) is 0 Å². The van der Waals surface area contributed by atoms with Gasteiger partial charge in [-0.05, 0) is 204 Å². The van der Waals surface area contributed by atoms with Gasteiger partial charge in [0.25, 0.3) is 0 Å². The van der Waals surface area contributed by atoms with Gasteiger partial charge in [0.15, 0.2) is 0 Å². The molecule has 6 heteroatoms.